The molecule has 1 aromatic rings. The van der Waals surface area contributed by atoms with E-state index < -0.39 is 23.9 Å². The van der Waals surface area contributed by atoms with E-state index in [2.05, 4.69) is 0 Å². The fraction of sp³-hybridized carbons (Fsp3) is 0.579. The first-order valence-electron chi connectivity index (χ1n) is 8.57. The number of carbonyl (C=O) groups excluding carboxylic acids is 2. The maximum absolute atomic E-state index is 12.7. The molecule has 1 aromatic carbocycles. The van der Waals surface area contributed by atoms with Crippen molar-refractivity contribution in [2.45, 2.75) is 45.1 Å². The van der Waals surface area contributed by atoms with Crippen molar-refractivity contribution >= 4 is 11.8 Å². The lowest BCUT2D eigenvalue weighted by Crippen LogP contribution is -2.28. The van der Waals surface area contributed by atoms with Crippen LogP contribution in [0.5, 0.6) is 5.75 Å². The van der Waals surface area contributed by atoms with Crippen LogP contribution in [0.4, 0.5) is 0 Å². The third-order valence-corrected chi connectivity index (χ3v) is 4.27. The minimum Gasteiger partial charge on any atom is -0.497 e. The highest BCUT2D eigenvalue weighted by Gasteiger charge is 2.29. The summed E-state index contributed by atoms with van der Waals surface area (Å²) in [5.41, 5.74) is 0.719. The lowest BCUT2D eigenvalue weighted by molar-refractivity contribution is -0.145. The SMILES string of the molecule is CCOC(=O)CC(=O)C(CC(CO)C(O)CC)c1ccc(OC)cc1. The molecule has 3 unspecified atom stereocenters. The predicted molar refractivity (Wildman–Crippen MR) is 93.5 cm³/mol. The molecule has 0 spiro atoms. The molecule has 0 saturated carbocycles. The second-order valence-electron chi connectivity index (χ2n) is 5.93. The van der Waals surface area contributed by atoms with Gasteiger partial charge in [0.15, 0.2) is 5.78 Å². The van der Waals surface area contributed by atoms with Gasteiger partial charge in [-0.25, -0.2) is 0 Å². The third-order valence-electron chi connectivity index (χ3n) is 4.27. The van der Waals surface area contributed by atoms with Gasteiger partial charge in [-0.15, -0.1) is 0 Å². The van der Waals surface area contributed by atoms with Crippen LogP contribution >= 0.6 is 0 Å². The predicted octanol–water partition coefficient (Wildman–Crippen LogP) is 2.07. The van der Waals surface area contributed by atoms with Crippen LogP contribution in [0.2, 0.25) is 0 Å². The molecule has 1 rings (SSSR count). The van der Waals surface area contributed by atoms with E-state index in [1.165, 1.54) is 0 Å². The summed E-state index contributed by atoms with van der Waals surface area (Å²) in [4.78, 5) is 24.3. The van der Waals surface area contributed by atoms with Gasteiger partial charge in [0, 0.05) is 18.4 Å². The van der Waals surface area contributed by atoms with Crippen molar-refractivity contribution in [2.24, 2.45) is 5.92 Å². The molecule has 0 amide bonds. The Morgan fingerprint density at radius 3 is 2.28 bits per heavy atom. The van der Waals surface area contributed by atoms with Crippen LogP contribution in [0.3, 0.4) is 0 Å². The summed E-state index contributed by atoms with van der Waals surface area (Å²) in [6.45, 7) is 3.49. The van der Waals surface area contributed by atoms with Gasteiger partial charge < -0.3 is 19.7 Å². The number of ether oxygens (including phenoxy) is 2. The van der Waals surface area contributed by atoms with Crippen LogP contribution in [-0.2, 0) is 14.3 Å². The molecule has 0 aliphatic rings. The highest BCUT2D eigenvalue weighted by molar-refractivity contribution is 5.99. The fourth-order valence-electron chi connectivity index (χ4n) is 2.76. The normalized spacial score (nSPS) is 14.4. The first-order valence-corrected chi connectivity index (χ1v) is 8.57. The van der Waals surface area contributed by atoms with E-state index in [-0.39, 0.29) is 31.8 Å². The van der Waals surface area contributed by atoms with Gasteiger partial charge in [0.2, 0.25) is 0 Å². The molecular formula is C19H28O6. The molecule has 0 bridgehead atoms. The van der Waals surface area contributed by atoms with Crippen LogP contribution in [0.1, 0.15) is 44.6 Å². The topological polar surface area (TPSA) is 93.1 Å². The van der Waals surface area contributed by atoms with E-state index >= 15 is 0 Å². The molecule has 25 heavy (non-hydrogen) atoms. The summed E-state index contributed by atoms with van der Waals surface area (Å²) < 4.78 is 9.98. The number of aliphatic hydroxyl groups excluding tert-OH is 2. The van der Waals surface area contributed by atoms with E-state index in [1.807, 2.05) is 6.92 Å². The fourth-order valence-corrected chi connectivity index (χ4v) is 2.76. The first-order chi connectivity index (χ1) is 12.0. The molecule has 0 radical (unpaired) electrons. The average Bonchev–Trinajstić information content (AvgIpc) is 2.62. The Kier molecular flexibility index (Phi) is 9.16. The maximum atomic E-state index is 12.7. The van der Waals surface area contributed by atoms with Gasteiger partial charge in [0.1, 0.15) is 12.2 Å². The zero-order valence-corrected chi connectivity index (χ0v) is 15.1. The van der Waals surface area contributed by atoms with E-state index in [1.54, 1.807) is 38.3 Å². The van der Waals surface area contributed by atoms with E-state index in [0.29, 0.717) is 12.2 Å². The van der Waals surface area contributed by atoms with Crippen molar-refractivity contribution in [2.75, 3.05) is 20.3 Å². The number of carbonyl (C=O) groups is 2. The molecule has 0 heterocycles. The first kappa shape index (κ1) is 21.1. The quantitative estimate of drug-likeness (QED) is 0.468. The van der Waals surface area contributed by atoms with Crippen LogP contribution in [-0.4, -0.2) is 48.4 Å². The minimum absolute atomic E-state index is 0.215. The Labute approximate surface area is 148 Å². The zero-order chi connectivity index (χ0) is 18.8. The van der Waals surface area contributed by atoms with Gasteiger partial charge in [0.05, 0.1) is 19.8 Å². The molecule has 0 aromatic heterocycles. The van der Waals surface area contributed by atoms with Gasteiger partial charge in [0.25, 0.3) is 0 Å². The number of esters is 1. The molecule has 0 fully saturated rings. The molecule has 2 N–H and O–H groups in total. The minimum atomic E-state index is -0.707. The second kappa shape index (κ2) is 10.8. The molecule has 6 heteroatoms. The zero-order valence-electron chi connectivity index (χ0n) is 15.1. The summed E-state index contributed by atoms with van der Waals surface area (Å²) in [5, 5.41) is 19.6. The summed E-state index contributed by atoms with van der Waals surface area (Å²) in [7, 11) is 1.55. The maximum Gasteiger partial charge on any atom is 0.313 e. The van der Waals surface area contributed by atoms with Crippen molar-refractivity contribution in [3.63, 3.8) is 0 Å². The van der Waals surface area contributed by atoms with E-state index in [4.69, 9.17) is 9.47 Å². The average molecular weight is 352 g/mol. The summed E-state index contributed by atoms with van der Waals surface area (Å²) in [5.74, 6) is -1.24. The van der Waals surface area contributed by atoms with Crippen LogP contribution in [0, 0.1) is 5.92 Å². The number of hydrogen-bond donors (Lipinski definition) is 2. The van der Waals surface area contributed by atoms with Gasteiger partial charge in [-0.3, -0.25) is 9.59 Å². The van der Waals surface area contributed by atoms with Crippen LogP contribution < -0.4 is 4.74 Å². The van der Waals surface area contributed by atoms with Crippen molar-refractivity contribution in [3.8, 4) is 5.75 Å². The Bertz CT molecular complexity index is 539. The highest BCUT2D eigenvalue weighted by Crippen LogP contribution is 2.29. The summed E-state index contributed by atoms with van der Waals surface area (Å²) in [6, 6.07) is 7.01. The van der Waals surface area contributed by atoms with E-state index in [9.17, 15) is 19.8 Å². The van der Waals surface area contributed by atoms with Crippen LogP contribution in [0.15, 0.2) is 24.3 Å². The van der Waals surface area contributed by atoms with Gasteiger partial charge in [-0.1, -0.05) is 19.1 Å². The lowest BCUT2D eigenvalue weighted by atomic mass is 9.82. The van der Waals surface area contributed by atoms with Crippen molar-refractivity contribution in [1.29, 1.82) is 0 Å². The summed E-state index contributed by atoms with van der Waals surface area (Å²) in [6.07, 6.45) is -0.297. The van der Waals surface area contributed by atoms with Gasteiger partial charge >= 0.3 is 5.97 Å². The molecule has 0 aliphatic carbocycles. The molecule has 3 atom stereocenters. The largest absolute Gasteiger partial charge is 0.497 e. The molecular weight excluding hydrogens is 324 g/mol. The monoisotopic (exact) mass is 352 g/mol. The number of rotatable bonds is 11. The molecule has 0 aliphatic heterocycles. The lowest BCUT2D eigenvalue weighted by Gasteiger charge is -2.25. The third kappa shape index (κ3) is 6.48. The van der Waals surface area contributed by atoms with Crippen molar-refractivity contribution < 1.29 is 29.3 Å². The molecule has 140 valence electrons. The number of ketones is 1. The van der Waals surface area contributed by atoms with Crippen LogP contribution in [0.25, 0.3) is 0 Å². The smallest absolute Gasteiger partial charge is 0.313 e. The number of hydrogen-bond acceptors (Lipinski definition) is 6. The Morgan fingerprint density at radius 2 is 1.80 bits per heavy atom. The van der Waals surface area contributed by atoms with E-state index in [0.717, 1.165) is 5.56 Å². The highest BCUT2D eigenvalue weighted by atomic mass is 16.5. The number of Topliss-reactive ketones (excluding diaryl/α,β-unsaturated/α-hetero) is 1. The second-order valence-corrected chi connectivity index (χ2v) is 5.93. The number of benzene rings is 1. The number of methoxy groups -OCH3 is 1. The van der Waals surface area contributed by atoms with Gasteiger partial charge in [-0.2, -0.15) is 0 Å². The number of aliphatic hydroxyl groups is 2. The van der Waals surface area contributed by atoms with Crippen molar-refractivity contribution in [3.05, 3.63) is 29.8 Å². The Hall–Kier alpha value is -1.92. The Balaban J connectivity index is 3.02. The molecule has 6 nitrogen and oxygen atoms in total. The van der Waals surface area contributed by atoms with Gasteiger partial charge in [-0.05, 0) is 37.5 Å². The Morgan fingerprint density at radius 1 is 1.16 bits per heavy atom. The standard InChI is InChI=1S/C19H28O6/c1-4-17(21)14(12-20)10-16(18(22)11-19(23)25-5-2)13-6-8-15(24-3)9-7-13/h6-9,14,16-17,20-21H,4-5,10-12H2,1-3H3. The molecule has 0 saturated heterocycles. The summed E-state index contributed by atoms with van der Waals surface area (Å²) >= 11 is 0. The van der Waals surface area contributed by atoms with Crippen molar-refractivity contribution in [1.82, 2.24) is 0 Å².